The molecule has 0 saturated carbocycles. The molecule has 1 aliphatic rings. The van der Waals surface area contributed by atoms with E-state index in [1.807, 2.05) is 0 Å². The predicted molar refractivity (Wildman–Crippen MR) is 77.0 cm³/mol. The lowest BCUT2D eigenvalue weighted by Gasteiger charge is -2.12. The number of rotatable bonds is 1. The van der Waals surface area contributed by atoms with Crippen LogP contribution in [0, 0.1) is 20.8 Å². The maximum Gasteiger partial charge on any atom is 0.0225 e. The van der Waals surface area contributed by atoms with E-state index in [4.69, 9.17) is 5.73 Å². The van der Waals surface area contributed by atoms with Gasteiger partial charge < -0.3 is 5.73 Å². The molecule has 1 unspecified atom stereocenters. The van der Waals surface area contributed by atoms with Gasteiger partial charge >= 0.3 is 0 Å². The molecule has 0 amide bonds. The van der Waals surface area contributed by atoms with E-state index < -0.39 is 0 Å². The average Bonchev–Trinajstić information content (AvgIpc) is 2.69. The summed E-state index contributed by atoms with van der Waals surface area (Å²) in [6, 6.07) is 11.1. The van der Waals surface area contributed by atoms with Crippen LogP contribution in [0.2, 0.25) is 0 Å². The van der Waals surface area contributed by atoms with Crippen molar-refractivity contribution in [2.45, 2.75) is 26.7 Å². The topological polar surface area (TPSA) is 26.0 Å². The zero-order chi connectivity index (χ0) is 12.9. The first-order valence-electron chi connectivity index (χ1n) is 6.55. The molecule has 92 valence electrons. The summed E-state index contributed by atoms with van der Waals surface area (Å²) < 4.78 is 0. The summed E-state index contributed by atoms with van der Waals surface area (Å²) in [6.07, 6.45) is 0. The van der Waals surface area contributed by atoms with Gasteiger partial charge in [-0.05, 0) is 59.7 Å². The molecule has 0 spiro atoms. The number of hydrogen-bond donors (Lipinski definition) is 1. The molecule has 1 atom stereocenters. The van der Waals surface area contributed by atoms with Gasteiger partial charge in [-0.15, -0.1) is 0 Å². The molecule has 0 bridgehead atoms. The molecule has 18 heavy (non-hydrogen) atoms. The number of benzene rings is 2. The smallest absolute Gasteiger partial charge is 0.0225 e. The van der Waals surface area contributed by atoms with Gasteiger partial charge in [0.05, 0.1) is 0 Å². The Hall–Kier alpha value is -1.60. The van der Waals surface area contributed by atoms with E-state index in [1.54, 1.807) is 0 Å². The van der Waals surface area contributed by atoms with Crippen LogP contribution < -0.4 is 5.73 Å². The average molecular weight is 237 g/mol. The zero-order valence-corrected chi connectivity index (χ0v) is 11.2. The molecule has 1 nitrogen and oxygen atoms in total. The normalized spacial score (nSPS) is 16.6. The number of hydrogen-bond acceptors (Lipinski definition) is 1. The van der Waals surface area contributed by atoms with Crippen LogP contribution in [0.4, 0.5) is 0 Å². The molecule has 0 aliphatic heterocycles. The summed E-state index contributed by atoms with van der Waals surface area (Å²) in [4.78, 5) is 0. The molecule has 1 heteroatoms. The molecule has 2 N–H and O–H groups in total. The Labute approximate surface area is 109 Å². The zero-order valence-electron chi connectivity index (χ0n) is 11.2. The quantitative estimate of drug-likeness (QED) is 0.804. The largest absolute Gasteiger partial charge is 0.330 e. The summed E-state index contributed by atoms with van der Waals surface area (Å²) in [6.45, 7) is 7.29. The van der Waals surface area contributed by atoms with Gasteiger partial charge in [0.15, 0.2) is 0 Å². The second kappa shape index (κ2) is 3.96. The Morgan fingerprint density at radius 2 is 1.61 bits per heavy atom. The molecular weight excluding hydrogens is 218 g/mol. The summed E-state index contributed by atoms with van der Waals surface area (Å²) in [5.41, 5.74) is 15.8. The fourth-order valence-electron chi connectivity index (χ4n) is 3.20. The lowest BCUT2D eigenvalue weighted by molar-refractivity contribution is 0.840. The van der Waals surface area contributed by atoms with Crippen LogP contribution in [-0.2, 0) is 0 Å². The van der Waals surface area contributed by atoms with Crippen LogP contribution in [0.1, 0.15) is 33.7 Å². The van der Waals surface area contributed by atoms with Crippen LogP contribution in [0.3, 0.4) is 0 Å². The molecule has 0 aromatic heterocycles. The fraction of sp³-hybridized carbons (Fsp3) is 0.294. The third-order valence-corrected chi connectivity index (χ3v) is 4.31. The van der Waals surface area contributed by atoms with Gasteiger partial charge in [-0.25, -0.2) is 0 Å². The second-order valence-electron chi connectivity index (χ2n) is 5.30. The van der Waals surface area contributed by atoms with Gasteiger partial charge in [0, 0.05) is 12.5 Å². The summed E-state index contributed by atoms with van der Waals surface area (Å²) >= 11 is 0. The summed E-state index contributed by atoms with van der Waals surface area (Å²) in [5, 5.41) is 0. The molecule has 1 aliphatic carbocycles. The third kappa shape index (κ3) is 1.37. The van der Waals surface area contributed by atoms with Gasteiger partial charge in [0.2, 0.25) is 0 Å². The predicted octanol–water partition coefficient (Wildman–Crippen LogP) is 3.68. The third-order valence-electron chi connectivity index (χ3n) is 4.31. The van der Waals surface area contributed by atoms with Crippen LogP contribution in [0.25, 0.3) is 11.1 Å². The highest BCUT2D eigenvalue weighted by molar-refractivity contribution is 5.84. The Morgan fingerprint density at radius 3 is 2.33 bits per heavy atom. The molecule has 2 aromatic carbocycles. The van der Waals surface area contributed by atoms with Crippen molar-refractivity contribution in [2.24, 2.45) is 5.73 Å². The molecule has 2 aromatic rings. The Kier molecular flexibility index (Phi) is 2.53. The van der Waals surface area contributed by atoms with Gasteiger partial charge in [-0.2, -0.15) is 0 Å². The standard InChI is InChI=1S/C17H19N/c1-10-7-8-14-15(9-18)13-6-4-5-11(2)16(13)17(14)12(10)3/h4-8,15H,9,18H2,1-3H3. The van der Waals surface area contributed by atoms with Crippen molar-refractivity contribution in [1.82, 2.24) is 0 Å². The van der Waals surface area contributed by atoms with E-state index in [-0.39, 0.29) is 0 Å². The summed E-state index contributed by atoms with van der Waals surface area (Å²) in [5.74, 6) is 0.370. The van der Waals surface area contributed by atoms with Crippen molar-refractivity contribution in [3.05, 3.63) is 58.1 Å². The SMILES string of the molecule is Cc1ccc2c(c1C)-c1c(C)cccc1C2CN. The monoisotopic (exact) mass is 237 g/mol. The fourth-order valence-corrected chi connectivity index (χ4v) is 3.20. The van der Waals surface area contributed by atoms with Crippen LogP contribution in [0.5, 0.6) is 0 Å². The minimum absolute atomic E-state index is 0.370. The van der Waals surface area contributed by atoms with E-state index in [9.17, 15) is 0 Å². The van der Waals surface area contributed by atoms with Gasteiger partial charge in [-0.3, -0.25) is 0 Å². The molecule has 0 heterocycles. The minimum atomic E-state index is 0.370. The van der Waals surface area contributed by atoms with Crippen LogP contribution >= 0.6 is 0 Å². The van der Waals surface area contributed by atoms with E-state index in [0.29, 0.717) is 12.5 Å². The van der Waals surface area contributed by atoms with Crippen molar-refractivity contribution in [2.75, 3.05) is 6.54 Å². The minimum Gasteiger partial charge on any atom is -0.330 e. The first-order valence-corrected chi connectivity index (χ1v) is 6.55. The van der Waals surface area contributed by atoms with Gasteiger partial charge in [0.1, 0.15) is 0 Å². The van der Waals surface area contributed by atoms with E-state index in [0.717, 1.165) is 0 Å². The molecule has 3 rings (SSSR count). The number of nitrogens with two attached hydrogens (primary N) is 1. The molecule has 0 saturated heterocycles. The van der Waals surface area contributed by atoms with Crippen molar-refractivity contribution < 1.29 is 0 Å². The number of aryl methyl sites for hydroxylation is 2. The highest BCUT2D eigenvalue weighted by Crippen LogP contribution is 2.47. The van der Waals surface area contributed by atoms with Gasteiger partial charge in [-0.1, -0.05) is 30.3 Å². The first-order chi connectivity index (χ1) is 8.65. The maximum absolute atomic E-state index is 6.00. The second-order valence-corrected chi connectivity index (χ2v) is 5.30. The molecule has 0 fully saturated rings. The number of fused-ring (bicyclic) bond motifs is 3. The highest BCUT2D eigenvalue weighted by atomic mass is 14.6. The Morgan fingerprint density at radius 1 is 0.889 bits per heavy atom. The Balaban J connectivity index is 2.41. The lowest BCUT2D eigenvalue weighted by Crippen LogP contribution is -2.11. The van der Waals surface area contributed by atoms with Crippen molar-refractivity contribution in [1.29, 1.82) is 0 Å². The molecular formula is C17H19N. The highest BCUT2D eigenvalue weighted by Gasteiger charge is 2.30. The van der Waals surface area contributed by atoms with E-state index >= 15 is 0 Å². The Bertz CT molecular complexity index is 626. The van der Waals surface area contributed by atoms with Crippen molar-refractivity contribution in [3.8, 4) is 11.1 Å². The van der Waals surface area contributed by atoms with Crippen LogP contribution in [0.15, 0.2) is 30.3 Å². The molecule has 0 radical (unpaired) electrons. The van der Waals surface area contributed by atoms with Crippen molar-refractivity contribution >= 4 is 0 Å². The van der Waals surface area contributed by atoms with Crippen molar-refractivity contribution in [3.63, 3.8) is 0 Å². The van der Waals surface area contributed by atoms with Gasteiger partial charge in [0.25, 0.3) is 0 Å². The van der Waals surface area contributed by atoms with E-state index in [2.05, 4.69) is 51.1 Å². The first kappa shape index (κ1) is 11.5. The van der Waals surface area contributed by atoms with Crippen LogP contribution in [-0.4, -0.2) is 6.54 Å². The van der Waals surface area contributed by atoms with E-state index in [1.165, 1.54) is 38.9 Å². The maximum atomic E-state index is 6.00. The lowest BCUT2D eigenvalue weighted by atomic mass is 9.93. The summed E-state index contributed by atoms with van der Waals surface area (Å²) in [7, 11) is 0.